The second-order valence-electron chi connectivity index (χ2n) is 6.68. The Morgan fingerprint density at radius 3 is 2.96 bits per heavy atom. The second-order valence-corrected chi connectivity index (χ2v) is 6.68. The molecule has 1 fully saturated rings. The van der Waals surface area contributed by atoms with Crippen molar-refractivity contribution in [1.82, 2.24) is 20.2 Å². The summed E-state index contributed by atoms with van der Waals surface area (Å²) >= 11 is 0. The molecule has 0 aromatic carbocycles. The molecule has 1 amide bonds. The minimum absolute atomic E-state index is 0.0592. The van der Waals surface area contributed by atoms with Gasteiger partial charge in [-0.2, -0.15) is 0 Å². The lowest BCUT2D eigenvalue weighted by Gasteiger charge is -2.17. The van der Waals surface area contributed by atoms with Crippen molar-refractivity contribution in [3.63, 3.8) is 0 Å². The van der Waals surface area contributed by atoms with Crippen LogP contribution in [0.4, 0.5) is 0 Å². The summed E-state index contributed by atoms with van der Waals surface area (Å²) in [5, 5.41) is 3.13. The predicted molar refractivity (Wildman–Crippen MR) is 99.8 cm³/mol. The molecule has 26 heavy (non-hydrogen) atoms. The minimum atomic E-state index is 0.0592. The monoisotopic (exact) mass is 354 g/mol. The van der Waals surface area contributed by atoms with Crippen LogP contribution in [0.25, 0.3) is 0 Å². The van der Waals surface area contributed by atoms with Gasteiger partial charge >= 0.3 is 0 Å². The van der Waals surface area contributed by atoms with Crippen LogP contribution in [0.5, 0.6) is 5.88 Å². The zero-order valence-corrected chi connectivity index (χ0v) is 15.2. The third-order valence-electron chi connectivity index (χ3n) is 4.38. The summed E-state index contributed by atoms with van der Waals surface area (Å²) in [6.45, 7) is 5.46. The molecule has 2 aromatic rings. The molecule has 138 valence electrons. The van der Waals surface area contributed by atoms with E-state index in [0.717, 1.165) is 43.6 Å². The molecule has 0 spiro atoms. The molecule has 0 radical (unpaired) electrons. The third-order valence-corrected chi connectivity index (χ3v) is 4.38. The fourth-order valence-electron chi connectivity index (χ4n) is 3.12. The van der Waals surface area contributed by atoms with Crippen molar-refractivity contribution >= 4 is 5.91 Å². The van der Waals surface area contributed by atoms with E-state index in [1.807, 2.05) is 24.4 Å². The standard InChI is InChI=1S/C20H26N4O2/c1-2-10-26-20-6-5-17(13-22-20)14-24-9-7-18(15-24)23-19(25)11-16-4-3-8-21-12-16/h3-6,8,12-13,18H,2,7,9-11,14-15H2,1H3,(H,23,25)/t18-/m1/s1. The van der Waals surface area contributed by atoms with Gasteiger partial charge in [0.15, 0.2) is 0 Å². The minimum Gasteiger partial charge on any atom is -0.478 e. The van der Waals surface area contributed by atoms with Gasteiger partial charge in [-0.25, -0.2) is 4.98 Å². The highest BCUT2D eigenvalue weighted by molar-refractivity contribution is 5.78. The van der Waals surface area contributed by atoms with Gasteiger partial charge in [0.2, 0.25) is 11.8 Å². The Morgan fingerprint density at radius 2 is 2.23 bits per heavy atom. The van der Waals surface area contributed by atoms with Gasteiger partial charge in [-0.1, -0.05) is 19.1 Å². The van der Waals surface area contributed by atoms with Gasteiger partial charge in [0, 0.05) is 50.3 Å². The Balaban J connectivity index is 1.42. The number of ether oxygens (including phenoxy) is 1. The molecule has 1 atom stereocenters. The number of rotatable bonds is 8. The number of aromatic nitrogens is 2. The van der Waals surface area contributed by atoms with Crippen molar-refractivity contribution in [1.29, 1.82) is 0 Å². The smallest absolute Gasteiger partial charge is 0.224 e. The van der Waals surface area contributed by atoms with E-state index in [0.29, 0.717) is 18.9 Å². The van der Waals surface area contributed by atoms with Crippen molar-refractivity contribution in [3.05, 3.63) is 54.0 Å². The summed E-state index contributed by atoms with van der Waals surface area (Å²) in [4.78, 5) is 22.9. The summed E-state index contributed by atoms with van der Waals surface area (Å²) in [6, 6.07) is 7.97. The van der Waals surface area contributed by atoms with Crippen molar-refractivity contribution in [2.75, 3.05) is 19.7 Å². The highest BCUT2D eigenvalue weighted by atomic mass is 16.5. The molecule has 6 heteroatoms. The van der Waals surface area contributed by atoms with Crippen LogP contribution in [-0.4, -0.2) is 46.5 Å². The molecule has 1 N–H and O–H groups in total. The van der Waals surface area contributed by atoms with E-state index in [9.17, 15) is 4.79 Å². The summed E-state index contributed by atoms with van der Waals surface area (Å²) in [5.74, 6) is 0.738. The summed E-state index contributed by atoms with van der Waals surface area (Å²) in [5.41, 5.74) is 2.10. The molecule has 1 aliphatic rings. The van der Waals surface area contributed by atoms with Gasteiger partial charge in [-0.15, -0.1) is 0 Å². The Kier molecular flexibility index (Phi) is 6.55. The largest absolute Gasteiger partial charge is 0.478 e. The average Bonchev–Trinajstić information content (AvgIpc) is 3.08. The van der Waals surface area contributed by atoms with Crippen LogP contribution in [0.1, 0.15) is 30.9 Å². The molecule has 0 aliphatic carbocycles. The van der Waals surface area contributed by atoms with Crippen LogP contribution in [-0.2, 0) is 17.8 Å². The van der Waals surface area contributed by atoms with Crippen LogP contribution >= 0.6 is 0 Å². The Bertz CT molecular complexity index is 691. The van der Waals surface area contributed by atoms with Crippen LogP contribution in [0.2, 0.25) is 0 Å². The second kappa shape index (κ2) is 9.29. The topological polar surface area (TPSA) is 67.3 Å². The van der Waals surface area contributed by atoms with E-state index >= 15 is 0 Å². The Morgan fingerprint density at radius 1 is 1.31 bits per heavy atom. The fourth-order valence-corrected chi connectivity index (χ4v) is 3.12. The van der Waals surface area contributed by atoms with E-state index in [1.54, 1.807) is 12.4 Å². The highest BCUT2D eigenvalue weighted by Crippen LogP contribution is 2.15. The quantitative estimate of drug-likeness (QED) is 0.787. The Hall–Kier alpha value is -2.47. The molecule has 2 aromatic heterocycles. The molecular formula is C20H26N4O2. The number of carbonyl (C=O) groups is 1. The summed E-state index contributed by atoms with van der Waals surface area (Å²) < 4.78 is 5.51. The van der Waals surface area contributed by atoms with E-state index in [-0.39, 0.29) is 11.9 Å². The number of nitrogens with one attached hydrogen (secondary N) is 1. The highest BCUT2D eigenvalue weighted by Gasteiger charge is 2.23. The van der Waals surface area contributed by atoms with E-state index in [2.05, 4.69) is 33.2 Å². The van der Waals surface area contributed by atoms with Crippen molar-refractivity contribution < 1.29 is 9.53 Å². The Labute approximate surface area is 154 Å². The lowest BCUT2D eigenvalue weighted by Crippen LogP contribution is -2.37. The van der Waals surface area contributed by atoms with Gasteiger partial charge in [-0.3, -0.25) is 14.7 Å². The predicted octanol–water partition coefficient (Wildman–Crippen LogP) is 2.20. The zero-order chi connectivity index (χ0) is 18.2. The molecule has 0 saturated carbocycles. The normalized spacial score (nSPS) is 17.2. The first-order valence-corrected chi connectivity index (χ1v) is 9.21. The summed E-state index contributed by atoms with van der Waals surface area (Å²) in [7, 11) is 0. The van der Waals surface area contributed by atoms with Crippen LogP contribution in [0.3, 0.4) is 0 Å². The average molecular weight is 354 g/mol. The van der Waals surface area contributed by atoms with Crippen LogP contribution in [0, 0.1) is 0 Å². The first-order chi connectivity index (χ1) is 12.7. The van der Waals surface area contributed by atoms with Gasteiger partial charge in [0.1, 0.15) is 0 Å². The van der Waals surface area contributed by atoms with Crippen LogP contribution < -0.4 is 10.1 Å². The number of hydrogen-bond acceptors (Lipinski definition) is 5. The van der Waals surface area contributed by atoms with Gasteiger partial charge in [0.25, 0.3) is 0 Å². The number of likely N-dealkylation sites (tertiary alicyclic amines) is 1. The van der Waals surface area contributed by atoms with E-state index < -0.39 is 0 Å². The molecule has 0 unspecified atom stereocenters. The maximum Gasteiger partial charge on any atom is 0.224 e. The molecule has 3 heterocycles. The number of pyridine rings is 2. The maximum absolute atomic E-state index is 12.2. The van der Waals surface area contributed by atoms with Gasteiger partial charge < -0.3 is 10.1 Å². The maximum atomic E-state index is 12.2. The zero-order valence-electron chi connectivity index (χ0n) is 15.2. The molecule has 1 saturated heterocycles. The van der Waals surface area contributed by atoms with Crippen molar-refractivity contribution in [2.45, 2.75) is 38.8 Å². The lowest BCUT2D eigenvalue weighted by molar-refractivity contribution is -0.121. The van der Waals surface area contributed by atoms with E-state index in [4.69, 9.17) is 4.74 Å². The molecule has 3 rings (SSSR count). The molecule has 1 aliphatic heterocycles. The number of hydrogen-bond donors (Lipinski definition) is 1. The molecule has 6 nitrogen and oxygen atoms in total. The molecule has 0 bridgehead atoms. The van der Waals surface area contributed by atoms with E-state index in [1.165, 1.54) is 0 Å². The van der Waals surface area contributed by atoms with Gasteiger partial charge in [0.05, 0.1) is 13.0 Å². The fraction of sp³-hybridized carbons (Fsp3) is 0.450. The number of carbonyl (C=O) groups excluding carboxylic acids is 1. The van der Waals surface area contributed by atoms with Crippen molar-refractivity contribution in [3.8, 4) is 5.88 Å². The first kappa shape index (κ1) is 18.3. The number of nitrogens with zero attached hydrogens (tertiary/aromatic N) is 3. The SMILES string of the molecule is CCCOc1ccc(CN2CC[C@@H](NC(=O)Cc3cccnc3)C2)cn1. The first-order valence-electron chi connectivity index (χ1n) is 9.21. The summed E-state index contributed by atoms with van der Waals surface area (Å²) in [6.07, 6.45) is 7.66. The number of amides is 1. The molecular weight excluding hydrogens is 328 g/mol. The van der Waals surface area contributed by atoms with Crippen LogP contribution in [0.15, 0.2) is 42.9 Å². The van der Waals surface area contributed by atoms with Crippen molar-refractivity contribution in [2.24, 2.45) is 0 Å². The third kappa shape index (κ3) is 5.52. The van der Waals surface area contributed by atoms with Gasteiger partial charge in [-0.05, 0) is 30.0 Å². The lowest BCUT2D eigenvalue weighted by atomic mass is 10.2.